The van der Waals surface area contributed by atoms with Gasteiger partial charge in [0.1, 0.15) is 0 Å². The predicted molar refractivity (Wildman–Crippen MR) is 125 cm³/mol. The lowest BCUT2D eigenvalue weighted by Gasteiger charge is -2.14. The van der Waals surface area contributed by atoms with Crippen LogP contribution in [0.5, 0.6) is 11.5 Å². The van der Waals surface area contributed by atoms with Gasteiger partial charge in [0.15, 0.2) is 16.7 Å². The smallest absolute Gasteiger partial charge is 0.266 e. The number of hydrogen-bond acceptors (Lipinski definition) is 5. The molecule has 6 heteroatoms. The Labute approximate surface area is 182 Å². The van der Waals surface area contributed by atoms with E-state index in [1.165, 1.54) is 17.3 Å². The minimum Gasteiger partial charge on any atom is -0.493 e. The molecule has 1 amide bonds. The van der Waals surface area contributed by atoms with Crippen LogP contribution in [0.2, 0.25) is 0 Å². The maximum absolute atomic E-state index is 13.1. The van der Waals surface area contributed by atoms with Crippen molar-refractivity contribution in [1.29, 1.82) is 0 Å². The van der Waals surface area contributed by atoms with Gasteiger partial charge < -0.3 is 9.47 Å². The first-order chi connectivity index (χ1) is 14.5. The first-order valence-electron chi connectivity index (χ1n) is 10.2. The van der Waals surface area contributed by atoms with Gasteiger partial charge in [0.2, 0.25) is 0 Å². The number of methoxy groups -OCH3 is 1. The second-order valence-corrected chi connectivity index (χ2v) is 8.00. The zero-order chi connectivity index (χ0) is 21.5. The summed E-state index contributed by atoms with van der Waals surface area (Å²) in [7, 11) is 1.62. The van der Waals surface area contributed by atoms with E-state index in [1.807, 2.05) is 62.4 Å². The number of benzene rings is 2. The van der Waals surface area contributed by atoms with Gasteiger partial charge in [-0.15, -0.1) is 0 Å². The van der Waals surface area contributed by atoms with E-state index in [4.69, 9.17) is 14.5 Å². The zero-order valence-electron chi connectivity index (χ0n) is 18.0. The highest BCUT2D eigenvalue weighted by molar-refractivity contribution is 8.18. The van der Waals surface area contributed by atoms with Gasteiger partial charge in [-0.2, -0.15) is 0 Å². The van der Waals surface area contributed by atoms with E-state index in [1.54, 1.807) is 12.0 Å². The number of amides is 1. The fourth-order valence-corrected chi connectivity index (χ4v) is 4.06. The summed E-state index contributed by atoms with van der Waals surface area (Å²) in [6.07, 6.45) is 3.84. The minimum absolute atomic E-state index is 0.00640. The summed E-state index contributed by atoms with van der Waals surface area (Å²) < 4.78 is 11.0. The molecule has 30 heavy (non-hydrogen) atoms. The summed E-state index contributed by atoms with van der Waals surface area (Å²) >= 11 is 1.42. The Kier molecular flexibility index (Phi) is 7.57. The molecule has 1 saturated heterocycles. The maximum atomic E-state index is 13.1. The predicted octanol–water partition coefficient (Wildman–Crippen LogP) is 5.81. The summed E-state index contributed by atoms with van der Waals surface area (Å²) in [6.45, 7) is 7.30. The molecule has 0 unspecified atom stereocenters. The van der Waals surface area contributed by atoms with E-state index < -0.39 is 0 Å². The monoisotopic (exact) mass is 424 g/mol. The second kappa shape index (κ2) is 10.3. The normalized spacial score (nSPS) is 16.5. The number of aryl methyl sites for hydroxylation is 1. The van der Waals surface area contributed by atoms with E-state index in [-0.39, 0.29) is 5.91 Å². The van der Waals surface area contributed by atoms with Crippen molar-refractivity contribution in [2.45, 2.75) is 33.6 Å². The molecule has 1 heterocycles. The summed E-state index contributed by atoms with van der Waals surface area (Å²) in [5, 5.41) is 0.724. The van der Waals surface area contributed by atoms with Crippen molar-refractivity contribution in [2.75, 3.05) is 20.3 Å². The Morgan fingerprint density at radius 2 is 1.87 bits per heavy atom. The first-order valence-corrected chi connectivity index (χ1v) is 11.0. The molecular formula is C24H28N2O3S. The summed E-state index contributed by atoms with van der Waals surface area (Å²) in [5.41, 5.74) is 2.92. The SMILES string of the molecule is CCCCN1C(=O)/C(=C\c2ccc(OC)c(OCC)c2)SC1=Nc1ccc(C)cc1. The Balaban J connectivity index is 1.92. The van der Waals surface area contributed by atoms with Gasteiger partial charge in [-0.05, 0) is 67.9 Å². The lowest BCUT2D eigenvalue weighted by molar-refractivity contribution is -0.122. The third kappa shape index (κ3) is 5.25. The van der Waals surface area contributed by atoms with Crippen molar-refractivity contribution >= 4 is 34.6 Å². The number of aliphatic imine (C=N–C) groups is 1. The molecule has 0 aromatic heterocycles. The molecular weight excluding hydrogens is 396 g/mol. The van der Waals surface area contributed by atoms with Gasteiger partial charge in [-0.3, -0.25) is 9.69 Å². The van der Waals surface area contributed by atoms with Crippen LogP contribution in [0.25, 0.3) is 6.08 Å². The number of amidine groups is 1. The fourth-order valence-electron chi connectivity index (χ4n) is 3.04. The van der Waals surface area contributed by atoms with E-state index in [9.17, 15) is 4.79 Å². The summed E-state index contributed by atoms with van der Waals surface area (Å²) in [5.74, 6) is 1.34. The molecule has 0 atom stereocenters. The highest BCUT2D eigenvalue weighted by atomic mass is 32.2. The van der Waals surface area contributed by atoms with E-state index in [2.05, 4.69) is 6.92 Å². The molecule has 3 rings (SSSR count). The molecule has 0 saturated carbocycles. The van der Waals surface area contributed by atoms with Crippen molar-refractivity contribution in [3.8, 4) is 11.5 Å². The topological polar surface area (TPSA) is 51.1 Å². The number of ether oxygens (including phenoxy) is 2. The Morgan fingerprint density at radius 1 is 1.10 bits per heavy atom. The van der Waals surface area contributed by atoms with Crippen molar-refractivity contribution < 1.29 is 14.3 Å². The fraction of sp³-hybridized carbons (Fsp3) is 0.333. The molecule has 0 N–H and O–H groups in total. The van der Waals surface area contributed by atoms with E-state index in [0.29, 0.717) is 29.6 Å². The Hall–Kier alpha value is -2.73. The van der Waals surface area contributed by atoms with Crippen LogP contribution >= 0.6 is 11.8 Å². The average Bonchev–Trinajstić information content (AvgIpc) is 3.03. The van der Waals surface area contributed by atoms with Crippen LogP contribution in [0.1, 0.15) is 37.8 Å². The van der Waals surface area contributed by atoms with Crippen molar-refractivity contribution in [3.63, 3.8) is 0 Å². The molecule has 158 valence electrons. The quantitative estimate of drug-likeness (QED) is 0.502. The number of rotatable bonds is 8. The second-order valence-electron chi connectivity index (χ2n) is 6.99. The van der Waals surface area contributed by atoms with Crippen LogP contribution in [-0.2, 0) is 4.79 Å². The maximum Gasteiger partial charge on any atom is 0.266 e. The molecule has 0 spiro atoms. The molecule has 1 fully saturated rings. The van der Waals surface area contributed by atoms with Gasteiger partial charge in [0.25, 0.3) is 5.91 Å². The zero-order valence-corrected chi connectivity index (χ0v) is 18.8. The highest BCUT2D eigenvalue weighted by Crippen LogP contribution is 2.36. The van der Waals surface area contributed by atoms with Crippen LogP contribution in [0.3, 0.4) is 0 Å². The van der Waals surface area contributed by atoms with Crippen LogP contribution in [0.15, 0.2) is 52.4 Å². The number of carbonyl (C=O) groups excluding carboxylic acids is 1. The van der Waals surface area contributed by atoms with Crippen molar-refractivity contribution in [2.24, 2.45) is 4.99 Å². The van der Waals surface area contributed by atoms with E-state index in [0.717, 1.165) is 29.3 Å². The number of carbonyl (C=O) groups is 1. The van der Waals surface area contributed by atoms with Crippen LogP contribution in [-0.4, -0.2) is 36.2 Å². The molecule has 1 aliphatic rings. The molecule has 1 aliphatic heterocycles. The van der Waals surface area contributed by atoms with Crippen molar-refractivity contribution in [3.05, 3.63) is 58.5 Å². The third-order valence-electron chi connectivity index (χ3n) is 4.67. The summed E-state index contributed by atoms with van der Waals surface area (Å²) in [6, 6.07) is 13.7. The van der Waals surface area contributed by atoms with E-state index >= 15 is 0 Å². The van der Waals surface area contributed by atoms with Crippen LogP contribution < -0.4 is 9.47 Å². The number of unbranched alkanes of at least 4 members (excludes halogenated alkanes) is 1. The Morgan fingerprint density at radius 3 is 2.53 bits per heavy atom. The lowest BCUT2D eigenvalue weighted by atomic mass is 10.2. The highest BCUT2D eigenvalue weighted by Gasteiger charge is 2.33. The van der Waals surface area contributed by atoms with Gasteiger partial charge in [0.05, 0.1) is 24.3 Å². The molecule has 0 radical (unpaired) electrons. The number of nitrogens with zero attached hydrogens (tertiary/aromatic N) is 2. The molecule has 2 aromatic carbocycles. The van der Waals surface area contributed by atoms with Crippen LogP contribution in [0, 0.1) is 6.92 Å². The molecule has 2 aromatic rings. The lowest BCUT2D eigenvalue weighted by Crippen LogP contribution is -2.30. The minimum atomic E-state index is -0.00640. The van der Waals surface area contributed by atoms with Crippen LogP contribution in [0.4, 0.5) is 5.69 Å². The van der Waals surface area contributed by atoms with Crippen molar-refractivity contribution in [1.82, 2.24) is 4.90 Å². The number of thioether (sulfide) groups is 1. The first kappa shape index (κ1) is 22.0. The third-order valence-corrected chi connectivity index (χ3v) is 5.67. The van der Waals surface area contributed by atoms with Gasteiger partial charge in [0, 0.05) is 6.54 Å². The standard InChI is InChI=1S/C24H28N2O3S/c1-5-7-14-26-23(27)22(30-24(26)25-19-11-8-17(3)9-12-19)16-18-10-13-20(28-4)21(15-18)29-6-2/h8-13,15-16H,5-7,14H2,1-4H3/b22-16+,25-24?. The van der Waals surface area contributed by atoms with Gasteiger partial charge >= 0.3 is 0 Å². The van der Waals surface area contributed by atoms with Gasteiger partial charge in [-0.1, -0.05) is 37.1 Å². The largest absolute Gasteiger partial charge is 0.493 e. The summed E-state index contributed by atoms with van der Waals surface area (Å²) in [4.78, 5) is 20.3. The average molecular weight is 425 g/mol. The molecule has 0 bridgehead atoms. The Bertz CT molecular complexity index is 951. The number of hydrogen-bond donors (Lipinski definition) is 0. The molecule has 0 aliphatic carbocycles. The van der Waals surface area contributed by atoms with Gasteiger partial charge in [-0.25, -0.2) is 4.99 Å². The molecule has 5 nitrogen and oxygen atoms in total.